The van der Waals surface area contributed by atoms with E-state index in [0.29, 0.717) is 12.1 Å². The third-order valence-electron chi connectivity index (χ3n) is 6.97. The zero-order valence-electron chi connectivity index (χ0n) is 17.1. The SMILES string of the molecule is CC[C@H](C)NC(=O)[C@H]1c2ccccc2C(=O)N(C[C@@H]2CCCO2)C12CCCC2. The molecule has 2 heterocycles. The van der Waals surface area contributed by atoms with E-state index in [9.17, 15) is 9.59 Å². The van der Waals surface area contributed by atoms with Gasteiger partial charge in [0.15, 0.2) is 0 Å². The topological polar surface area (TPSA) is 58.6 Å². The minimum atomic E-state index is -0.422. The van der Waals surface area contributed by atoms with E-state index < -0.39 is 5.54 Å². The summed E-state index contributed by atoms with van der Waals surface area (Å²) in [7, 11) is 0. The van der Waals surface area contributed by atoms with Crippen LogP contribution in [0.25, 0.3) is 0 Å². The monoisotopic (exact) mass is 384 g/mol. The van der Waals surface area contributed by atoms with Gasteiger partial charge in [0.1, 0.15) is 0 Å². The second-order valence-corrected chi connectivity index (χ2v) is 8.70. The second kappa shape index (κ2) is 7.86. The zero-order chi connectivity index (χ0) is 19.7. The zero-order valence-corrected chi connectivity index (χ0v) is 17.1. The molecule has 1 aliphatic carbocycles. The molecule has 0 unspecified atom stereocenters. The Bertz CT molecular complexity index is 735. The Hall–Kier alpha value is -1.88. The van der Waals surface area contributed by atoms with Crippen LogP contribution in [-0.2, 0) is 9.53 Å². The third-order valence-corrected chi connectivity index (χ3v) is 6.97. The molecule has 3 atom stereocenters. The Morgan fingerprint density at radius 1 is 1.29 bits per heavy atom. The van der Waals surface area contributed by atoms with Crippen molar-refractivity contribution in [2.24, 2.45) is 0 Å². The molecule has 4 rings (SSSR count). The fourth-order valence-electron chi connectivity index (χ4n) is 5.35. The number of carbonyl (C=O) groups is 2. The first-order chi connectivity index (χ1) is 13.6. The number of ether oxygens (including phenoxy) is 1. The maximum Gasteiger partial charge on any atom is 0.254 e. The van der Waals surface area contributed by atoms with Crippen LogP contribution in [0.5, 0.6) is 0 Å². The van der Waals surface area contributed by atoms with Crippen molar-refractivity contribution in [3.63, 3.8) is 0 Å². The predicted molar refractivity (Wildman–Crippen MR) is 108 cm³/mol. The van der Waals surface area contributed by atoms with Crippen molar-refractivity contribution < 1.29 is 14.3 Å². The van der Waals surface area contributed by atoms with Gasteiger partial charge in [0.25, 0.3) is 5.91 Å². The molecule has 1 aromatic carbocycles. The van der Waals surface area contributed by atoms with Crippen molar-refractivity contribution in [1.82, 2.24) is 10.2 Å². The number of fused-ring (bicyclic) bond motifs is 1. The maximum atomic E-state index is 13.6. The van der Waals surface area contributed by atoms with Crippen molar-refractivity contribution >= 4 is 11.8 Å². The summed E-state index contributed by atoms with van der Waals surface area (Å²) in [4.78, 5) is 29.1. The molecular formula is C23H32N2O3. The summed E-state index contributed by atoms with van der Waals surface area (Å²) in [6, 6.07) is 7.84. The first-order valence-electron chi connectivity index (χ1n) is 10.9. The highest BCUT2D eigenvalue weighted by Crippen LogP contribution is 2.50. The molecule has 2 fully saturated rings. The lowest BCUT2D eigenvalue weighted by Crippen LogP contribution is -2.62. The van der Waals surface area contributed by atoms with Crippen LogP contribution in [0.15, 0.2) is 24.3 Å². The van der Waals surface area contributed by atoms with Crippen molar-refractivity contribution in [3.05, 3.63) is 35.4 Å². The number of nitrogens with one attached hydrogen (secondary N) is 1. The molecule has 1 aromatic rings. The normalized spacial score (nSPS) is 27.1. The quantitative estimate of drug-likeness (QED) is 0.843. The Balaban J connectivity index is 1.77. The van der Waals surface area contributed by atoms with Gasteiger partial charge in [-0.15, -0.1) is 0 Å². The van der Waals surface area contributed by atoms with Crippen LogP contribution in [0.1, 0.15) is 80.6 Å². The van der Waals surface area contributed by atoms with Gasteiger partial charge < -0.3 is 15.0 Å². The molecule has 152 valence electrons. The predicted octanol–water partition coefficient (Wildman–Crippen LogP) is 3.63. The Morgan fingerprint density at radius 2 is 2.04 bits per heavy atom. The molecule has 1 saturated carbocycles. The Morgan fingerprint density at radius 3 is 2.71 bits per heavy atom. The average Bonchev–Trinajstić information content (AvgIpc) is 3.38. The summed E-state index contributed by atoms with van der Waals surface area (Å²) in [5, 5.41) is 3.21. The number of hydrogen-bond acceptors (Lipinski definition) is 3. The lowest BCUT2D eigenvalue weighted by Gasteiger charge is -2.50. The molecule has 0 aromatic heterocycles. The van der Waals surface area contributed by atoms with Crippen LogP contribution in [0.4, 0.5) is 0 Å². The molecule has 0 radical (unpaired) electrons. The van der Waals surface area contributed by atoms with E-state index in [1.165, 1.54) is 0 Å². The summed E-state index contributed by atoms with van der Waals surface area (Å²) >= 11 is 0. The van der Waals surface area contributed by atoms with E-state index in [1.54, 1.807) is 0 Å². The van der Waals surface area contributed by atoms with Gasteiger partial charge in [-0.1, -0.05) is 38.0 Å². The second-order valence-electron chi connectivity index (χ2n) is 8.70. The largest absolute Gasteiger partial charge is 0.376 e. The fraction of sp³-hybridized carbons (Fsp3) is 0.652. The van der Waals surface area contributed by atoms with Crippen LogP contribution in [0, 0.1) is 0 Å². The van der Waals surface area contributed by atoms with Crippen LogP contribution in [-0.4, -0.2) is 47.6 Å². The first-order valence-corrected chi connectivity index (χ1v) is 10.9. The van der Waals surface area contributed by atoms with Crippen molar-refractivity contribution in [2.75, 3.05) is 13.2 Å². The maximum absolute atomic E-state index is 13.6. The summed E-state index contributed by atoms with van der Waals surface area (Å²) in [6.07, 6.45) is 6.92. The molecule has 5 nitrogen and oxygen atoms in total. The van der Waals surface area contributed by atoms with Crippen LogP contribution < -0.4 is 5.32 Å². The van der Waals surface area contributed by atoms with E-state index in [-0.39, 0.29) is 29.9 Å². The van der Waals surface area contributed by atoms with Gasteiger partial charge in [-0.25, -0.2) is 0 Å². The van der Waals surface area contributed by atoms with Gasteiger partial charge in [0.2, 0.25) is 5.91 Å². The van der Waals surface area contributed by atoms with Crippen LogP contribution in [0.3, 0.4) is 0 Å². The fourth-order valence-corrected chi connectivity index (χ4v) is 5.35. The van der Waals surface area contributed by atoms with Gasteiger partial charge in [0.05, 0.1) is 17.6 Å². The van der Waals surface area contributed by atoms with Gasteiger partial charge in [0, 0.05) is 24.8 Å². The molecule has 5 heteroatoms. The first kappa shape index (κ1) is 19.4. The molecule has 0 bridgehead atoms. The average molecular weight is 385 g/mol. The van der Waals surface area contributed by atoms with Gasteiger partial charge in [-0.2, -0.15) is 0 Å². The summed E-state index contributed by atoms with van der Waals surface area (Å²) in [6.45, 7) is 5.50. The van der Waals surface area contributed by atoms with Gasteiger partial charge >= 0.3 is 0 Å². The number of benzene rings is 1. The highest BCUT2D eigenvalue weighted by molar-refractivity contribution is 6.02. The molecule has 1 saturated heterocycles. The number of amides is 2. The summed E-state index contributed by atoms with van der Waals surface area (Å²) < 4.78 is 5.88. The lowest BCUT2D eigenvalue weighted by atomic mass is 9.70. The Kier molecular flexibility index (Phi) is 5.46. The minimum Gasteiger partial charge on any atom is -0.376 e. The van der Waals surface area contributed by atoms with E-state index in [1.807, 2.05) is 36.1 Å². The molecule has 28 heavy (non-hydrogen) atoms. The summed E-state index contributed by atoms with van der Waals surface area (Å²) in [5.74, 6) is -0.173. The van der Waals surface area contributed by atoms with Crippen LogP contribution in [0.2, 0.25) is 0 Å². The molecule has 2 aliphatic heterocycles. The third kappa shape index (κ3) is 3.24. The van der Waals surface area contributed by atoms with Gasteiger partial charge in [-0.3, -0.25) is 9.59 Å². The highest BCUT2D eigenvalue weighted by atomic mass is 16.5. The van der Waals surface area contributed by atoms with E-state index in [2.05, 4.69) is 12.2 Å². The lowest BCUT2D eigenvalue weighted by molar-refractivity contribution is -0.127. The van der Waals surface area contributed by atoms with Gasteiger partial charge in [-0.05, 0) is 50.7 Å². The molecule has 2 amide bonds. The van der Waals surface area contributed by atoms with Crippen molar-refractivity contribution in [2.45, 2.75) is 82.4 Å². The highest BCUT2D eigenvalue weighted by Gasteiger charge is 2.56. The number of hydrogen-bond donors (Lipinski definition) is 1. The van der Waals surface area contributed by atoms with Crippen molar-refractivity contribution in [1.29, 1.82) is 0 Å². The molecule has 1 spiro atoms. The van der Waals surface area contributed by atoms with E-state index >= 15 is 0 Å². The van der Waals surface area contributed by atoms with Crippen molar-refractivity contribution in [3.8, 4) is 0 Å². The summed E-state index contributed by atoms with van der Waals surface area (Å²) in [5.41, 5.74) is 1.16. The molecule has 1 N–H and O–H groups in total. The minimum absolute atomic E-state index is 0.0635. The molecular weight excluding hydrogens is 352 g/mol. The van der Waals surface area contributed by atoms with E-state index in [0.717, 1.165) is 57.1 Å². The standard InChI is InChI=1S/C23H32N2O3/c1-3-16(2)24-21(26)20-18-10-4-5-11-19(18)22(27)25(15-17-9-8-14-28-17)23(20)12-6-7-13-23/h4-5,10-11,16-17,20H,3,6-9,12-15H2,1-2H3,(H,24,26)/t16-,17-,20+/m0/s1. The molecule has 3 aliphatic rings. The smallest absolute Gasteiger partial charge is 0.254 e. The number of nitrogens with zero attached hydrogens (tertiary/aromatic N) is 1. The van der Waals surface area contributed by atoms with E-state index in [4.69, 9.17) is 4.74 Å². The number of carbonyl (C=O) groups excluding carboxylic acids is 2. The number of rotatable bonds is 5. The van der Waals surface area contributed by atoms with Crippen LogP contribution >= 0.6 is 0 Å². The Labute approximate surface area is 167 Å².